The zero-order valence-corrected chi connectivity index (χ0v) is 12.3. The van der Waals surface area contributed by atoms with Crippen LogP contribution in [0.25, 0.3) is 0 Å². The predicted octanol–water partition coefficient (Wildman–Crippen LogP) is 2.08. The van der Waals surface area contributed by atoms with Crippen molar-refractivity contribution in [2.75, 3.05) is 12.3 Å². The van der Waals surface area contributed by atoms with Crippen molar-refractivity contribution >= 4 is 15.7 Å². The van der Waals surface area contributed by atoms with Crippen molar-refractivity contribution in [3.05, 3.63) is 29.8 Å². The van der Waals surface area contributed by atoms with Crippen LogP contribution < -0.4 is 5.32 Å². The number of hydrogen-bond donors (Lipinski definition) is 1. The highest BCUT2D eigenvalue weighted by molar-refractivity contribution is 7.91. The maximum atomic E-state index is 12.1. The summed E-state index contributed by atoms with van der Waals surface area (Å²) in [6.07, 6.45) is 2.23. The van der Waals surface area contributed by atoms with Crippen LogP contribution in [0.5, 0.6) is 0 Å². The second-order valence-electron chi connectivity index (χ2n) is 4.63. The molecule has 1 rings (SSSR count). The average molecular weight is 283 g/mol. The lowest BCUT2D eigenvalue weighted by Crippen LogP contribution is -2.20. The summed E-state index contributed by atoms with van der Waals surface area (Å²) in [5, 5.41) is 2.70. The highest BCUT2D eigenvalue weighted by Gasteiger charge is 2.15. The van der Waals surface area contributed by atoms with E-state index in [1.165, 1.54) is 6.92 Å². The van der Waals surface area contributed by atoms with Gasteiger partial charge in [0.2, 0.25) is 5.91 Å². The first-order chi connectivity index (χ1) is 8.93. The molecule has 0 aromatic heterocycles. The van der Waals surface area contributed by atoms with Gasteiger partial charge in [0.15, 0.2) is 9.84 Å². The summed E-state index contributed by atoms with van der Waals surface area (Å²) in [6, 6.07) is 7.05. The summed E-state index contributed by atoms with van der Waals surface area (Å²) in [5.41, 5.74) is 0.792. The Morgan fingerprint density at radius 3 is 2.47 bits per heavy atom. The molecule has 0 bridgehead atoms. The topological polar surface area (TPSA) is 63.2 Å². The summed E-state index contributed by atoms with van der Waals surface area (Å²) < 4.78 is 24.2. The van der Waals surface area contributed by atoms with Gasteiger partial charge in [-0.25, -0.2) is 8.42 Å². The van der Waals surface area contributed by atoms with E-state index in [1.807, 2.05) is 19.1 Å². The van der Waals surface area contributed by atoms with E-state index in [4.69, 9.17) is 0 Å². The molecule has 0 saturated heterocycles. The van der Waals surface area contributed by atoms with Crippen molar-refractivity contribution in [1.82, 2.24) is 5.32 Å². The van der Waals surface area contributed by atoms with E-state index in [1.54, 1.807) is 12.1 Å². The van der Waals surface area contributed by atoms with E-state index in [9.17, 15) is 13.2 Å². The average Bonchev–Trinajstić information content (AvgIpc) is 2.33. The third-order valence-electron chi connectivity index (χ3n) is 2.89. The van der Waals surface area contributed by atoms with Crippen LogP contribution in [0, 0.1) is 6.92 Å². The van der Waals surface area contributed by atoms with Gasteiger partial charge in [-0.15, -0.1) is 0 Å². The zero-order chi connectivity index (χ0) is 14.3. The Balaban J connectivity index is 2.40. The van der Waals surface area contributed by atoms with Gasteiger partial charge >= 0.3 is 0 Å². The second-order valence-corrected chi connectivity index (χ2v) is 6.71. The van der Waals surface area contributed by atoms with Gasteiger partial charge in [0.05, 0.1) is 10.6 Å². The summed E-state index contributed by atoms with van der Waals surface area (Å²) in [7, 11) is -3.18. The van der Waals surface area contributed by atoms with Crippen molar-refractivity contribution in [3.8, 4) is 0 Å². The van der Waals surface area contributed by atoms with Gasteiger partial charge < -0.3 is 5.32 Å². The molecule has 4 nitrogen and oxygen atoms in total. The third kappa shape index (κ3) is 5.42. The number of nitrogens with one attached hydrogen (secondary N) is 1. The molecular formula is C14H21NO3S. The lowest BCUT2D eigenvalue weighted by molar-refractivity contribution is -0.118. The number of rotatable bonds is 7. The predicted molar refractivity (Wildman–Crippen MR) is 75.8 cm³/mol. The van der Waals surface area contributed by atoms with Crippen LogP contribution in [0.3, 0.4) is 0 Å². The number of aryl methyl sites for hydroxylation is 1. The molecular weight excluding hydrogens is 262 g/mol. The van der Waals surface area contributed by atoms with Crippen molar-refractivity contribution in [3.63, 3.8) is 0 Å². The highest BCUT2D eigenvalue weighted by Crippen LogP contribution is 2.17. The SMILES string of the molecule is CC(=O)NCCCCCS(=O)(=O)c1ccccc1C. The fourth-order valence-corrected chi connectivity index (χ4v) is 3.52. The molecule has 0 unspecified atom stereocenters. The summed E-state index contributed by atoms with van der Waals surface area (Å²) in [5.74, 6) is 0.116. The van der Waals surface area contributed by atoms with Gasteiger partial charge in [0.25, 0.3) is 0 Å². The molecule has 0 aliphatic heterocycles. The molecule has 19 heavy (non-hydrogen) atoms. The van der Waals surface area contributed by atoms with Gasteiger partial charge in [-0.3, -0.25) is 4.79 Å². The summed E-state index contributed by atoms with van der Waals surface area (Å²) >= 11 is 0. The minimum absolute atomic E-state index is 0.0486. The Morgan fingerprint density at radius 2 is 1.84 bits per heavy atom. The maximum absolute atomic E-state index is 12.1. The number of hydrogen-bond acceptors (Lipinski definition) is 3. The van der Waals surface area contributed by atoms with Gasteiger partial charge in [0, 0.05) is 13.5 Å². The number of amides is 1. The van der Waals surface area contributed by atoms with Crippen molar-refractivity contribution in [2.24, 2.45) is 0 Å². The monoisotopic (exact) mass is 283 g/mol. The van der Waals surface area contributed by atoms with Crippen LogP contribution in [0.15, 0.2) is 29.2 Å². The van der Waals surface area contributed by atoms with Crippen molar-refractivity contribution in [1.29, 1.82) is 0 Å². The molecule has 1 amide bonds. The minimum Gasteiger partial charge on any atom is -0.356 e. The lowest BCUT2D eigenvalue weighted by atomic mass is 10.2. The molecule has 1 aromatic rings. The first kappa shape index (κ1) is 15.7. The van der Waals surface area contributed by atoms with Gasteiger partial charge in [0.1, 0.15) is 0 Å². The van der Waals surface area contributed by atoms with Crippen LogP contribution in [-0.4, -0.2) is 26.6 Å². The van der Waals surface area contributed by atoms with E-state index >= 15 is 0 Å². The highest BCUT2D eigenvalue weighted by atomic mass is 32.2. The fraction of sp³-hybridized carbons (Fsp3) is 0.500. The Morgan fingerprint density at radius 1 is 1.16 bits per heavy atom. The number of unbranched alkanes of at least 4 members (excludes halogenated alkanes) is 2. The molecule has 0 aliphatic rings. The Labute approximate surface area is 115 Å². The smallest absolute Gasteiger partial charge is 0.216 e. The maximum Gasteiger partial charge on any atom is 0.216 e. The largest absolute Gasteiger partial charge is 0.356 e. The quantitative estimate of drug-likeness (QED) is 0.779. The van der Waals surface area contributed by atoms with E-state index in [2.05, 4.69) is 5.32 Å². The molecule has 1 aromatic carbocycles. The first-order valence-electron chi connectivity index (χ1n) is 6.46. The van der Waals surface area contributed by atoms with Crippen LogP contribution >= 0.6 is 0 Å². The molecule has 0 fully saturated rings. The van der Waals surface area contributed by atoms with Crippen LogP contribution in [0.1, 0.15) is 31.7 Å². The van der Waals surface area contributed by atoms with E-state index in [0.29, 0.717) is 17.9 Å². The lowest BCUT2D eigenvalue weighted by Gasteiger charge is -2.07. The zero-order valence-electron chi connectivity index (χ0n) is 11.5. The molecule has 0 atom stereocenters. The summed E-state index contributed by atoms with van der Waals surface area (Å²) in [6.45, 7) is 3.89. The Hall–Kier alpha value is -1.36. The van der Waals surface area contributed by atoms with Crippen LogP contribution in [-0.2, 0) is 14.6 Å². The molecule has 5 heteroatoms. The van der Waals surface area contributed by atoms with Crippen LogP contribution in [0.2, 0.25) is 0 Å². The third-order valence-corrected chi connectivity index (χ3v) is 4.85. The molecule has 0 saturated carbocycles. The second kappa shape index (κ2) is 7.28. The number of carbonyl (C=O) groups excluding carboxylic acids is 1. The number of benzene rings is 1. The fourth-order valence-electron chi connectivity index (χ4n) is 1.87. The van der Waals surface area contributed by atoms with E-state index in [-0.39, 0.29) is 11.7 Å². The van der Waals surface area contributed by atoms with Crippen molar-refractivity contribution in [2.45, 2.75) is 38.0 Å². The van der Waals surface area contributed by atoms with Gasteiger partial charge in [-0.05, 0) is 31.4 Å². The molecule has 1 N–H and O–H groups in total. The molecule has 106 valence electrons. The molecule has 0 spiro atoms. The van der Waals surface area contributed by atoms with Crippen molar-refractivity contribution < 1.29 is 13.2 Å². The van der Waals surface area contributed by atoms with Gasteiger partial charge in [-0.1, -0.05) is 24.6 Å². The van der Waals surface area contributed by atoms with E-state index in [0.717, 1.165) is 18.4 Å². The van der Waals surface area contributed by atoms with Gasteiger partial charge in [-0.2, -0.15) is 0 Å². The van der Waals surface area contributed by atoms with E-state index < -0.39 is 9.84 Å². The Kier molecular flexibility index (Phi) is 6.02. The number of carbonyl (C=O) groups is 1. The Bertz CT molecular complexity index is 523. The molecule has 0 aliphatic carbocycles. The summed E-state index contributed by atoms with van der Waals surface area (Å²) in [4.78, 5) is 11.1. The standard InChI is InChI=1S/C14H21NO3S/c1-12-8-4-5-9-14(12)19(17,18)11-7-3-6-10-15-13(2)16/h4-5,8-9H,3,6-7,10-11H2,1-2H3,(H,15,16). The molecule has 0 heterocycles. The normalized spacial score (nSPS) is 11.3. The number of sulfone groups is 1. The first-order valence-corrected chi connectivity index (χ1v) is 8.11. The minimum atomic E-state index is -3.18. The van der Waals surface area contributed by atoms with Crippen LogP contribution in [0.4, 0.5) is 0 Å². The molecule has 0 radical (unpaired) electrons.